The normalized spacial score (nSPS) is 24.7. The molecule has 0 aliphatic carbocycles. The number of carbonyl (C=O) groups is 2. The van der Waals surface area contributed by atoms with E-state index >= 15 is 0 Å². The van der Waals surface area contributed by atoms with Gasteiger partial charge in [-0.1, -0.05) is 0 Å². The highest BCUT2D eigenvalue weighted by Gasteiger charge is 2.30. The second-order valence-electron chi connectivity index (χ2n) is 7.02. The van der Waals surface area contributed by atoms with Gasteiger partial charge in [0, 0.05) is 32.1 Å². The summed E-state index contributed by atoms with van der Waals surface area (Å²) in [6, 6.07) is 0. The third kappa shape index (κ3) is 3.80. The van der Waals surface area contributed by atoms with Crippen molar-refractivity contribution in [2.45, 2.75) is 44.9 Å². The van der Waals surface area contributed by atoms with Crippen molar-refractivity contribution in [1.82, 2.24) is 14.7 Å². The van der Waals surface area contributed by atoms with Crippen molar-refractivity contribution in [3.63, 3.8) is 0 Å². The molecule has 0 aromatic heterocycles. The van der Waals surface area contributed by atoms with Crippen LogP contribution in [0, 0.1) is 5.92 Å². The SMILES string of the molecule is O=C(CN1CCC(C(=O)N2CCCCC2)CC1)N1CCCC1. The van der Waals surface area contributed by atoms with E-state index in [0.717, 1.165) is 77.8 Å². The molecule has 2 amide bonds. The molecule has 0 unspecified atom stereocenters. The van der Waals surface area contributed by atoms with Gasteiger partial charge in [-0.15, -0.1) is 0 Å². The molecule has 5 nitrogen and oxygen atoms in total. The minimum atomic E-state index is 0.191. The summed E-state index contributed by atoms with van der Waals surface area (Å²) >= 11 is 0. The lowest BCUT2D eigenvalue weighted by Gasteiger charge is -2.35. The molecule has 0 spiro atoms. The van der Waals surface area contributed by atoms with E-state index in [9.17, 15) is 9.59 Å². The van der Waals surface area contributed by atoms with E-state index in [2.05, 4.69) is 9.80 Å². The average Bonchev–Trinajstić information content (AvgIpc) is 3.10. The van der Waals surface area contributed by atoms with Gasteiger partial charge in [0.1, 0.15) is 0 Å². The highest BCUT2D eigenvalue weighted by atomic mass is 16.2. The molecule has 3 saturated heterocycles. The fourth-order valence-electron chi connectivity index (χ4n) is 3.97. The molecule has 22 heavy (non-hydrogen) atoms. The molecule has 0 N–H and O–H groups in total. The van der Waals surface area contributed by atoms with Gasteiger partial charge < -0.3 is 9.80 Å². The summed E-state index contributed by atoms with van der Waals surface area (Å²) in [7, 11) is 0. The Kier molecular flexibility index (Phi) is 5.34. The van der Waals surface area contributed by atoms with Crippen molar-refractivity contribution in [2.24, 2.45) is 5.92 Å². The summed E-state index contributed by atoms with van der Waals surface area (Å²) in [5, 5.41) is 0. The average molecular weight is 307 g/mol. The molecule has 3 aliphatic rings. The molecular formula is C17H29N3O2. The highest BCUT2D eigenvalue weighted by Crippen LogP contribution is 2.22. The van der Waals surface area contributed by atoms with Crippen LogP contribution in [-0.2, 0) is 9.59 Å². The van der Waals surface area contributed by atoms with Crippen LogP contribution in [0.15, 0.2) is 0 Å². The Hall–Kier alpha value is -1.10. The van der Waals surface area contributed by atoms with Crippen molar-refractivity contribution in [1.29, 1.82) is 0 Å². The topological polar surface area (TPSA) is 43.9 Å². The standard InChI is InChI=1S/C17H29N3O2/c21-16(19-8-4-5-9-19)14-18-12-6-15(7-13-18)17(22)20-10-2-1-3-11-20/h15H,1-14H2. The fraction of sp³-hybridized carbons (Fsp3) is 0.882. The van der Waals surface area contributed by atoms with Crippen LogP contribution in [0.4, 0.5) is 0 Å². The predicted molar refractivity (Wildman–Crippen MR) is 85.4 cm³/mol. The Morgan fingerprint density at radius 2 is 1.27 bits per heavy atom. The van der Waals surface area contributed by atoms with E-state index in [1.807, 2.05) is 4.90 Å². The smallest absolute Gasteiger partial charge is 0.236 e. The second kappa shape index (κ2) is 7.44. The zero-order chi connectivity index (χ0) is 15.4. The summed E-state index contributed by atoms with van der Waals surface area (Å²) in [5.74, 6) is 0.833. The van der Waals surface area contributed by atoms with Gasteiger partial charge in [-0.05, 0) is 58.0 Å². The Balaban J connectivity index is 1.41. The van der Waals surface area contributed by atoms with E-state index in [1.54, 1.807) is 0 Å². The number of hydrogen-bond acceptors (Lipinski definition) is 3. The van der Waals surface area contributed by atoms with Gasteiger partial charge in [-0.3, -0.25) is 14.5 Å². The fourth-order valence-corrected chi connectivity index (χ4v) is 3.97. The minimum absolute atomic E-state index is 0.191. The Bertz CT molecular complexity index is 393. The molecule has 124 valence electrons. The number of hydrogen-bond donors (Lipinski definition) is 0. The van der Waals surface area contributed by atoms with Crippen molar-refractivity contribution in [3.05, 3.63) is 0 Å². The van der Waals surface area contributed by atoms with Crippen LogP contribution in [0.3, 0.4) is 0 Å². The van der Waals surface area contributed by atoms with Crippen molar-refractivity contribution < 1.29 is 9.59 Å². The summed E-state index contributed by atoms with van der Waals surface area (Å²) < 4.78 is 0. The van der Waals surface area contributed by atoms with Gasteiger partial charge in [-0.2, -0.15) is 0 Å². The van der Waals surface area contributed by atoms with Gasteiger partial charge in [0.25, 0.3) is 0 Å². The van der Waals surface area contributed by atoms with Gasteiger partial charge >= 0.3 is 0 Å². The van der Waals surface area contributed by atoms with Crippen LogP contribution >= 0.6 is 0 Å². The van der Waals surface area contributed by atoms with Crippen molar-refractivity contribution in [3.8, 4) is 0 Å². The Labute approximate surface area is 133 Å². The largest absolute Gasteiger partial charge is 0.342 e. The minimum Gasteiger partial charge on any atom is -0.342 e. The van der Waals surface area contributed by atoms with Crippen LogP contribution in [0.25, 0.3) is 0 Å². The first-order valence-electron chi connectivity index (χ1n) is 9.03. The molecule has 5 heteroatoms. The van der Waals surface area contributed by atoms with Crippen molar-refractivity contribution in [2.75, 3.05) is 45.8 Å². The zero-order valence-corrected chi connectivity index (χ0v) is 13.6. The summed E-state index contributed by atoms with van der Waals surface area (Å²) in [6.07, 6.45) is 7.73. The molecular weight excluding hydrogens is 278 g/mol. The van der Waals surface area contributed by atoms with E-state index in [4.69, 9.17) is 0 Å². The highest BCUT2D eigenvalue weighted by molar-refractivity contribution is 5.80. The van der Waals surface area contributed by atoms with E-state index in [0.29, 0.717) is 12.5 Å². The van der Waals surface area contributed by atoms with E-state index in [-0.39, 0.29) is 11.8 Å². The summed E-state index contributed by atoms with van der Waals surface area (Å²) in [6.45, 7) is 6.10. The van der Waals surface area contributed by atoms with Crippen LogP contribution < -0.4 is 0 Å². The van der Waals surface area contributed by atoms with Gasteiger partial charge in [0.2, 0.25) is 11.8 Å². The lowest BCUT2D eigenvalue weighted by atomic mass is 9.94. The summed E-state index contributed by atoms with van der Waals surface area (Å²) in [5.41, 5.74) is 0. The van der Waals surface area contributed by atoms with Crippen LogP contribution in [0.5, 0.6) is 0 Å². The molecule has 0 aromatic carbocycles. The van der Waals surface area contributed by atoms with Crippen LogP contribution in [0.1, 0.15) is 44.9 Å². The monoisotopic (exact) mass is 307 g/mol. The van der Waals surface area contributed by atoms with Crippen LogP contribution in [0.2, 0.25) is 0 Å². The van der Waals surface area contributed by atoms with E-state index in [1.165, 1.54) is 6.42 Å². The number of rotatable bonds is 3. The van der Waals surface area contributed by atoms with Gasteiger partial charge in [0.05, 0.1) is 6.54 Å². The maximum atomic E-state index is 12.5. The first kappa shape index (κ1) is 15.8. The molecule has 3 heterocycles. The molecule has 0 radical (unpaired) electrons. The molecule has 0 saturated carbocycles. The maximum Gasteiger partial charge on any atom is 0.236 e. The Morgan fingerprint density at radius 3 is 1.91 bits per heavy atom. The second-order valence-corrected chi connectivity index (χ2v) is 7.02. The molecule has 3 rings (SSSR count). The Morgan fingerprint density at radius 1 is 0.727 bits per heavy atom. The quantitative estimate of drug-likeness (QED) is 0.790. The lowest BCUT2D eigenvalue weighted by Crippen LogP contribution is -2.46. The first-order valence-corrected chi connectivity index (χ1v) is 9.03. The summed E-state index contributed by atoms with van der Waals surface area (Å²) in [4.78, 5) is 31.0. The molecule has 3 aliphatic heterocycles. The number of likely N-dealkylation sites (tertiary alicyclic amines) is 3. The van der Waals surface area contributed by atoms with Gasteiger partial charge in [-0.25, -0.2) is 0 Å². The maximum absolute atomic E-state index is 12.5. The number of nitrogens with zero attached hydrogens (tertiary/aromatic N) is 3. The zero-order valence-electron chi connectivity index (χ0n) is 13.6. The first-order chi connectivity index (χ1) is 10.7. The molecule has 3 fully saturated rings. The number of piperidine rings is 2. The van der Waals surface area contributed by atoms with Gasteiger partial charge in [0.15, 0.2) is 0 Å². The van der Waals surface area contributed by atoms with Crippen LogP contribution in [-0.4, -0.2) is 72.3 Å². The van der Waals surface area contributed by atoms with Crippen molar-refractivity contribution >= 4 is 11.8 Å². The number of amides is 2. The predicted octanol–water partition coefficient (Wildman–Crippen LogP) is 1.33. The number of carbonyl (C=O) groups excluding carboxylic acids is 2. The lowest BCUT2D eigenvalue weighted by molar-refractivity contribution is -0.138. The third-order valence-electron chi connectivity index (χ3n) is 5.42. The molecule has 0 aromatic rings. The third-order valence-corrected chi connectivity index (χ3v) is 5.42. The van der Waals surface area contributed by atoms with E-state index < -0.39 is 0 Å². The molecule has 0 atom stereocenters. The molecule has 0 bridgehead atoms.